The minimum atomic E-state index is -0.608. The average molecular weight is 284 g/mol. The Bertz CT molecular complexity index is 582. The molecule has 0 atom stereocenters. The molecular formula is C13H11ClFNOS. The Morgan fingerprint density at radius 3 is 2.83 bits per heavy atom. The van der Waals surface area contributed by atoms with Crippen LogP contribution in [-0.4, -0.2) is 5.91 Å². The van der Waals surface area contributed by atoms with E-state index in [2.05, 4.69) is 5.32 Å². The number of benzene rings is 1. The molecule has 0 aliphatic rings. The summed E-state index contributed by atoms with van der Waals surface area (Å²) in [6.45, 7) is 2.38. The molecule has 1 amide bonds. The van der Waals surface area contributed by atoms with Crippen LogP contribution in [0.1, 0.15) is 20.8 Å². The number of hydrogen-bond acceptors (Lipinski definition) is 2. The van der Waals surface area contributed by atoms with E-state index in [9.17, 15) is 9.18 Å². The lowest BCUT2D eigenvalue weighted by Gasteiger charge is -2.06. The van der Waals surface area contributed by atoms with Gasteiger partial charge in [0.05, 0.1) is 12.1 Å². The van der Waals surface area contributed by atoms with E-state index >= 15 is 0 Å². The van der Waals surface area contributed by atoms with Gasteiger partial charge in [0.2, 0.25) is 0 Å². The number of carbonyl (C=O) groups is 1. The maximum Gasteiger partial charge on any atom is 0.254 e. The van der Waals surface area contributed by atoms with E-state index in [4.69, 9.17) is 11.6 Å². The van der Waals surface area contributed by atoms with Crippen LogP contribution in [0.5, 0.6) is 0 Å². The summed E-state index contributed by atoms with van der Waals surface area (Å²) in [6.07, 6.45) is 0. The Morgan fingerprint density at radius 1 is 1.44 bits per heavy atom. The number of nitrogens with one attached hydrogen (secondary N) is 1. The lowest BCUT2D eigenvalue weighted by Crippen LogP contribution is -2.23. The van der Waals surface area contributed by atoms with Crippen molar-refractivity contribution in [2.24, 2.45) is 0 Å². The summed E-state index contributed by atoms with van der Waals surface area (Å²) < 4.78 is 13.5. The second kappa shape index (κ2) is 5.50. The van der Waals surface area contributed by atoms with Crippen molar-refractivity contribution in [1.29, 1.82) is 0 Å². The summed E-state index contributed by atoms with van der Waals surface area (Å²) >= 11 is 7.19. The highest BCUT2D eigenvalue weighted by Gasteiger charge is 2.12. The number of aryl methyl sites for hydroxylation is 1. The van der Waals surface area contributed by atoms with Gasteiger partial charge in [-0.1, -0.05) is 11.6 Å². The van der Waals surface area contributed by atoms with Gasteiger partial charge in [-0.05, 0) is 42.1 Å². The number of rotatable bonds is 3. The van der Waals surface area contributed by atoms with Crippen molar-refractivity contribution in [2.75, 3.05) is 0 Å². The molecule has 1 N–H and O–H groups in total. The van der Waals surface area contributed by atoms with Crippen molar-refractivity contribution < 1.29 is 9.18 Å². The molecule has 0 saturated carbocycles. The Hall–Kier alpha value is -1.39. The lowest BCUT2D eigenvalue weighted by atomic mass is 10.2. The van der Waals surface area contributed by atoms with Crippen molar-refractivity contribution in [2.45, 2.75) is 13.5 Å². The van der Waals surface area contributed by atoms with Crippen LogP contribution >= 0.6 is 22.9 Å². The van der Waals surface area contributed by atoms with Gasteiger partial charge in [-0.25, -0.2) is 4.39 Å². The SMILES string of the molecule is Cc1ccsc1CNC(=O)c1ccc(Cl)cc1F. The van der Waals surface area contributed by atoms with Gasteiger partial charge in [-0.3, -0.25) is 4.79 Å². The first kappa shape index (κ1) is 13.1. The molecule has 5 heteroatoms. The first-order valence-electron chi connectivity index (χ1n) is 5.34. The van der Waals surface area contributed by atoms with Crippen molar-refractivity contribution in [3.8, 4) is 0 Å². The van der Waals surface area contributed by atoms with Crippen LogP contribution in [0.15, 0.2) is 29.6 Å². The highest BCUT2D eigenvalue weighted by molar-refractivity contribution is 7.10. The van der Waals surface area contributed by atoms with Crippen LogP contribution in [0.3, 0.4) is 0 Å². The van der Waals surface area contributed by atoms with Crippen LogP contribution in [-0.2, 0) is 6.54 Å². The van der Waals surface area contributed by atoms with E-state index < -0.39 is 11.7 Å². The molecule has 0 aliphatic carbocycles. The molecule has 94 valence electrons. The van der Waals surface area contributed by atoms with Gasteiger partial charge >= 0.3 is 0 Å². The summed E-state index contributed by atoms with van der Waals surface area (Å²) in [5.74, 6) is -1.04. The number of carbonyl (C=O) groups excluding carboxylic acids is 1. The van der Waals surface area contributed by atoms with E-state index in [1.165, 1.54) is 12.1 Å². The topological polar surface area (TPSA) is 29.1 Å². The van der Waals surface area contributed by atoms with Crippen LogP contribution in [0, 0.1) is 12.7 Å². The molecule has 0 aliphatic heterocycles. The van der Waals surface area contributed by atoms with Crippen LogP contribution < -0.4 is 5.32 Å². The summed E-state index contributed by atoms with van der Waals surface area (Å²) in [5.41, 5.74) is 1.13. The van der Waals surface area contributed by atoms with Crippen molar-refractivity contribution in [3.05, 3.63) is 56.5 Å². The van der Waals surface area contributed by atoms with Gasteiger partial charge in [0.25, 0.3) is 5.91 Å². The second-order valence-electron chi connectivity index (χ2n) is 3.83. The van der Waals surface area contributed by atoms with Crippen molar-refractivity contribution >= 4 is 28.8 Å². The molecule has 1 aromatic carbocycles. The van der Waals surface area contributed by atoms with Gasteiger partial charge in [-0.15, -0.1) is 11.3 Å². The lowest BCUT2D eigenvalue weighted by molar-refractivity contribution is 0.0947. The molecule has 1 aromatic heterocycles. The number of thiophene rings is 1. The highest BCUT2D eigenvalue weighted by atomic mass is 35.5. The fraction of sp³-hybridized carbons (Fsp3) is 0.154. The number of hydrogen-bond donors (Lipinski definition) is 1. The fourth-order valence-corrected chi connectivity index (χ4v) is 2.52. The number of amides is 1. The quantitative estimate of drug-likeness (QED) is 0.912. The first-order chi connectivity index (χ1) is 8.58. The van der Waals surface area contributed by atoms with Crippen molar-refractivity contribution in [3.63, 3.8) is 0 Å². The molecule has 0 unspecified atom stereocenters. The molecule has 18 heavy (non-hydrogen) atoms. The molecule has 2 rings (SSSR count). The third-order valence-corrected chi connectivity index (χ3v) is 3.81. The zero-order chi connectivity index (χ0) is 13.1. The summed E-state index contributed by atoms with van der Waals surface area (Å²) in [7, 11) is 0. The van der Waals surface area contributed by atoms with Gasteiger partial charge in [0.15, 0.2) is 0 Å². The Labute approximate surface area is 113 Å². The number of halogens is 2. The van der Waals surface area contributed by atoms with E-state index in [0.717, 1.165) is 16.5 Å². The molecule has 0 saturated heterocycles. The minimum absolute atomic E-state index is 0.00797. The van der Waals surface area contributed by atoms with E-state index in [0.29, 0.717) is 6.54 Å². The van der Waals surface area contributed by atoms with E-state index in [-0.39, 0.29) is 10.6 Å². The van der Waals surface area contributed by atoms with Crippen molar-refractivity contribution in [1.82, 2.24) is 5.32 Å². The molecular weight excluding hydrogens is 273 g/mol. The molecule has 1 heterocycles. The third-order valence-electron chi connectivity index (χ3n) is 2.55. The zero-order valence-electron chi connectivity index (χ0n) is 9.67. The fourth-order valence-electron chi connectivity index (χ4n) is 1.51. The molecule has 2 aromatic rings. The van der Waals surface area contributed by atoms with Gasteiger partial charge in [0.1, 0.15) is 5.82 Å². The highest BCUT2D eigenvalue weighted by Crippen LogP contribution is 2.17. The predicted octanol–water partition coefficient (Wildman–Crippen LogP) is 3.78. The Kier molecular flexibility index (Phi) is 3.99. The van der Waals surface area contributed by atoms with Crippen LogP contribution in [0.2, 0.25) is 5.02 Å². The van der Waals surface area contributed by atoms with Gasteiger partial charge in [-0.2, -0.15) is 0 Å². The standard InChI is InChI=1S/C13H11ClFNOS/c1-8-4-5-18-12(8)7-16-13(17)10-3-2-9(14)6-11(10)15/h2-6H,7H2,1H3,(H,16,17). The normalized spacial score (nSPS) is 10.4. The summed E-state index contributed by atoms with van der Waals surface area (Å²) in [6, 6.07) is 5.99. The summed E-state index contributed by atoms with van der Waals surface area (Å²) in [4.78, 5) is 12.9. The molecule has 0 bridgehead atoms. The maximum atomic E-state index is 13.5. The van der Waals surface area contributed by atoms with Crippen LogP contribution in [0.25, 0.3) is 0 Å². The minimum Gasteiger partial charge on any atom is -0.347 e. The van der Waals surface area contributed by atoms with Gasteiger partial charge in [0, 0.05) is 9.90 Å². The average Bonchev–Trinajstić information content (AvgIpc) is 2.72. The zero-order valence-corrected chi connectivity index (χ0v) is 11.2. The molecule has 0 spiro atoms. The van der Waals surface area contributed by atoms with Gasteiger partial charge < -0.3 is 5.32 Å². The van der Waals surface area contributed by atoms with E-state index in [1.807, 2.05) is 18.4 Å². The Morgan fingerprint density at radius 2 is 2.22 bits per heavy atom. The second-order valence-corrected chi connectivity index (χ2v) is 5.27. The monoisotopic (exact) mass is 283 g/mol. The summed E-state index contributed by atoms with van der Waals surface area (Å²) in [5, 5.41) is 4.92. The van der Waals surface area contributed by atoms with E-state index in [1.54, 1.807) is 11.3 Å². The Balaban J connectivity index is 2.06. The van der Waals surface area contributed by atoms with Crippen LogP contribution in [0.4, 0.5) is 4.39 Å². The molecule has 0 fully saturated rings. The molecule has 2 nitrogen and oxygen atoms in total. The largest absolute Gasteiger partial charge is 0.347 e. The molecule has 0 radical (unpaired) electrons. The predicted molar refractivity (Wildman–Crippen MR) is 71.6 cm³/mol. The first-order valence-corrected chi connectivity index (χ1v) is 6.60. The third kappa shape index (κ3) is 2.89. The maximum absolute atomic E-state index is 13.5. The smallest absolute Gasteiger partial charge is 0.254 e.